The minimum Gasteiger partial charge on any atom is -0.362 e. The van der Waals surface area contributed by atoms with Gasteiger partial charge in [-0.15, -0.1) is 11.6 Å². The van der Waals surface area contributed by atoms with Gasteiger partial charge in [0.25, 0.3) is 0 Å². The van der Waals surface area contributed by atoms with Gasteiger partial charge in [-0.1, -0.05) is 0 Å². The number of alkyl halides is 4. The van der Waals surface area contributed by atoms with E-state index in [0.29, 0.717) is 24.9 Å². The van der Waals surface area contributed by atoms with E-state index in [1.54, 1.807) is 0 Å². The Hall–Kier alpha value is -0.490. The van der Waals surface area contributed by atoms with Gasteiger partial charge < -0.3 is 9.64 Å². The third kappa shape index (κ3) is 5.59. The summed E-state index contributed by atoms with van der Waals surface area (Å²) >= 11 is 5.59. The molecule has 0 radical (unpaired) electrons. The molecular weight excluding hydrogens is 259 g/mol. The SMILES string of the molecule is O=C(COCC(F)(F)F)N1CCC(CCCl)C1. The van der Waals surface area contributed by atoms with Gasteiger partial charge in [0.05, 0.1) is 0 Å². The summed E-state index contributed by atoms with van der Waals surface area (Å²) in [7, 11) is 0. The summed E-state index contributed by atoms with van der Waals surface area (Å²) in [6.45, 7) is -0.735. The van der Waals surface area contributed by atoms with Crippen molar-refractivity contribution in [2.24, 2.45) is 5.92 Å². The molecule has 1 aliphatic heterocycles. The lowest BCUT2D eigenvalue weighted by molar-refractivity contribution is -0.177. The standard InChI is InChI=1S/C10H15ClF3NO2/c11-3-1-8-2-4-15(5-8)9(16)6-17-7-10(12,13)14/h8H,1-7H2. The lowest BCUT2D eigenvalue weighted by atomic mass is 10.1. The molecule has 17 heavy (non-hydrogen) atoms. The van der Waals surface area contributed by atoms with Crippen LogP contribution >= 0.6 is 11.6 Å². The molecule has 0 bridgehead atoms. The van der Waals surface area contributed by atoms with E-state index in [-0.39, 0.29) is 5.91 Å². The first-order valence-corrected chi connectivity index (χ1v) is 5.94. The maximum absolute atomic E-state index is 11.8. The molecule has 0 N–H and O–H groups in total. The number of amides is 1. The van der Waals surface area contributed by atoms with Crippen LogP contribution in [0.25, 0.3) is 0 Å². The first kappa shape index (κ1) is 14.6. The molecule has 1 amide bonds. The summed E-state index contributed by atoms with van der Waals surface area (Å²) in [4.78, 5) is 13.0. The molecule has 0 aliphatic carbocycles. The van der Waals surface area contributed by atoms with Crippen LogP contribution in [0.15, 0.2) is 0 Å². The van der Waals surface area contributed by atoms with E-state index in [4.69, 9.17) is 11.6 Å². The minimum absolute atomic E-state index is 0.360. The zero-order valence-electron chi connectivity index (χ0n) is 9.30. The minimum atomic E-state index is -4.38. The fourth-order valence-electron chi connectivity index (χ4n) is 1.79. The van der Waals surface area contributed by atoms with Gasteiger partial charge in [0.1, 0.15) is 13.2 Å². The summed E-state index contributed by atoms with van der Waals surface area (Å²) in [6.07, 6.45) is -2.70. The van der Waals surface area contributed by atoms with E-state index in [2.05, 4.69) is 4.74 Å². The summed E-state index contributed by atoms with van der Waals surface area (Å²) < 4.78 is 39.7. The average Bonchev–Trinajstić information content (AvgIpc) is 2.65. The van der Waals surface area contributed by atoms with Crippen LogP contribution in [-0.2, 0) is 9.53 Å². The lowest BCUT2D eigenvalue weighted by Gasteiger charge is -2.16. The highest BCUT2D eigenvalue weighted by Gasteiger charge is 2.29. The highest BCUT2D eigenvalue weighted by Crippen LogP contribution is 2.20. The predicted molar refractivity (Wildman–Crippen MR) is 56.9 cm³/mol. The van der Waals surface area contributed by atoms with Crippen LogP contribution in [0.5, 0.6) is 0 Å². The van der Waals surface area contributed by atoms with E-state index in [1.807, 2.05) is 0 Å². The second kappa shape index (κ2) is 6.44. The topological polar surface area (TPSA) is 29.5 Å². The van der Waals surface area contributed by atoms with Gasteiger partial charge in [0, 0.05) is 19.0 Å². The number of ether oxygens (including phenoxy) is 1. The third-order valence-electron chi connectivity index (χ3n) is 2.65. The lowest BCUT2D eigenvalue weighted by Crippen LogP contribution is -2.33. The second-order valence-corrected chi connectivity index (χ2v) is 4.46. The van der Waals surface area contributed by atoms with Crippen LogP contribution in [0.1, 0.15) is 12.8 Å². The molecule has 1 saturated heterocycles. The maximum atomic E-state index is 11.8. The van der Waals surface area contributed by atoms with Gasteiger partial charge >= 0.3 is 6.18 Å². The fraction of sp³-hybridized carbons (Fsp3) is 0.900. The Balaban J connectivity index is 2.21. The van der Waals surface area contributed by atoms with Crippen molar-refractivity contribution < 1.29 is 22.7 Å². The van der Waals surface area contributed by atoms with E-state index in [9.17, 15) is 18.0 Å². The van der Waals surface area contributed by atoms with Crippen molar-refractivity contribution in [2.75, 3.05) is 32.2 Å². The summed E-state index contributed by atoms with van der Waals surface area (Å²) in [5.74, 6) is 0.516. The molecule has 7 heteroatoms. The number of carbonyl (C=O) groups is 1. The number of carbonyl (C=O) groups excluding carboxylic acids is 1. The van der Waals surface area contributed by atoms with Crippen LogP contribution in [0, 0.1) is 5.92 Å². The molecule has 0 aromatic carbocycles. The molecule has 1 rings (SSSR count). The van der Waals surface area contributed by atoms with Gasteiger partial charge in [-0.05, 0) is 18.8 Å². The Kier molecular flexibility index (Phi) is 5.52. The molecule has 1 fully saturated rings. The van der Waals surface area contributed by atoms with Crippen LogP contribution in [0.4, 0.5) is 13.2 Å². The second-order valence-electron chi connectivity index (χ2n) is 4.08. The first-order chi connectivity index (χ1) is 7.92. The van der Waals surface area contributed by atoms with Crippen LogP contribution in [-0.4, -0.2) is 49.2 Å². The van der Waals surface area contributed by atoms with Crippen molar-refractivity contribution in [1.82, 2.24) is 4.90 Å². The fourth-order valence-corrected chi connectivity index (χ4v) is 2.10. The predicted octanol–water partition coefficient (Wildman–Crippen LogP) is 2.04. The molecule has 0 saturated carbocycles. The van der Waals surface area contributed by atoms with Gasteiger partial charge in [-0.3, -0.25) is 4.79 Å². The highest BCUT2D eigenvalue weighted by molar-refractivity contribution is 6.17. The van der Waals surface area contributed by atoms with E-state index < -0.39 is 19.4 Å². The molecule has 1 unspecified atom stereocenters. The molecule has 100 valence electrons. The van der Waals surface area contributed by atoms with Crippen molar-refractivity contribution in [3.8, 4) is 0 Å². The molecule has 3 nitrogen and oxygen atoms in total. The number of likely N-dealkylation sites (tertiary alicyclic amines) is 1. The van der Waals surface area contributed by atoms with Gasteiger partial charge in [-0.2, -0.15) is 13.2 Å². The summed E-state index contributed by atoms with van der Waals surface area (Å²) in [6, 6.07) is 0. The van der Waals surface area contributed by atoms with Crippen LogP contribution in [0.3, 0.4) is 0 Å². The smallest absolute Gasteiger partial charge is 0.362 e. The monoisotopic (exact) mass is 273 g/mol. The quantitative estimate of drug-likeness (QED) is 0.718. The molecule has 0 spiro atoms. The molecule has 1 atom stereocenters. The molecule has 1 heterocycles. The van der Waals surface area contributed by atoms with E-state index in [1.165, 1.54) is 4.90 Å². The Bertz CT molecular complexity index is 260. The largest absolute Gasteiger partial charge is 0.411 e. The van der Waals surface area contributed by atoms with E-state index >= 15 is 0 Å². The molecule has 0 aromatic heterocycles. The van der Waals surface area contributed by atoms with Gasteiger partial charge in [0.15, 0.2) is 0 Å². The Morgan fingerprint density at radius 1 is 1.47 bits per heavy atom. The van der Waals surface area contributed by atoms with Gasteiger partial charge in [-0.25, -0.2) is 0 Å². The Morgan fingerprint density at radius 3 is 2.76 bits per heavy atom. The maximum Gasteiger partial charge on any atom is 0.411 e. The zero-order chi connectivity index (χ0) is 12.9. The summed E-state index contributed by atoms with van der Waals surface area (Å²) in [5.41, 5.74) is 0. The van der Waals surface area contributed by atoms with Gasteiger partial charge in [0.2, 0.25) is 5.91 Å². The number of hydrogen-bond donors (Lipinski definition) is 0. The number of halogens is 4. The van der Waals surface area contributed by atoms with E-state index in [0.717, 1.165) is 12.8 Å². The van der Waals surface area contributed by atoms with Crippen molar-refractivity contribution in [3.05, 3.63) is 0 Å². The zero-order valence-corrected chi connectivity index (χ0v) is 10.1. The Morgan fingerprint density at radius 2 is 2.18 bits per heavy atom. The van der Waals surface area contributed by atoms with Crippen molar-refractivity contribution in [3.63, 3.8) is 0 Å². The molecular formula is C10H15ClF3NO2. The number of rotatable bonds is 5. The molecule has 0 aromatic rings. The number of nitrogens with zero attached hydrogens (tertiary/aromatic N) is 1. The highest BCUT2D eigenvalue weighted by atomic mass is 35.5. The third-order valence-corrected chi connectivity index (χ3v) is 2.87. The van der Waals surface area contributed by atoms with Crippen molar-refractivity contribution >= 4 is 17.5 Å². The van der Waals surface area contributed by atoms with Crippen molar-refractivity contribution in [1.29, 1.82) is 0 Å². The van der Waals surface area contributed by atoms with Crippen LogP contribution < -0.4 is 0 Å². The first-order valence-electron chi connectivity index (χ1n) is 5.40. The Labute approximate surface area is 103 Å². The molecule has 1 aliphatic rings. The van der Waals surface area contributed by atoms with Crippen LogP contribution in [0.2, 0.25) is 0 Å². The van der Waals surface area contributed by atoms with Crippen molar-refractivity contribution in [2.45, 2.75) is 19.0 Å². The number of hydrogen-bond acceptors (Lipinski definition) is 2. The normalized spacial score (nSPS) is 20.9. The average molecular weight is 274 g/mol. The summed E-state index contributed by atoms with van der Waals surface area (Å²) in [5, 5.41) is 0.